The highest BCUT2D eigenvalue weighted by atomic mass is 32.1. The Balaban J connectivity index is 1.77. The van der Waals surface area contributed by atoms with E-state index in [1.54, 1.807) is 18.2 Å². The van der Waals surface area contributed by atoms with Crippen molar-refractivity contribution in [1.29, 1.82) is 0 Å². The number of nitrogens with zero attached hydrogens (tertiary/aromatic N) is 3. The third kappa shape index (κ3) is 4.47. The summed E-state index contributed by atoms with van der Waals surface area (Å²) in [6, 6.07) is 12.3. The van der Waals surface area contributed by atoms with Crippen LogP contribution in [0.15, 0.2) is 65.3 Å². The largest absolute Gasteiger partial charge is 0.504 e. The van der Waals surface area contributed by atoms with Crippen LogP contribution in [0.25, 0.3) is 17.0 Å². The maximum absolute atomic E-state index is 10.4. The first-order valence-electron chi connectivity index (χ1n) is 10.8. The molecule has 1 atom stereocenters. The average Bonchev–Trinajstić information content (AvgIpc) is 3.31. The van der Waals surface area contributed by atoms with Gasteiger partial charge in [-0.3, -0.25) is 0 Å². The predicted octanol–water partition coefficient (Wildman–Crippen LogP) is 4.70. The number of ether oxygens (including phenoxy) is 2. The molecule has 1 aliphatic rings. The van der Waals surface area contributed by atoms with Crippen LogP contribution in [0.2, 0.25) is 0 Å². The minimum absolute atomic E-state index is 0.0267. The highest BCUT2D eigenvalue weighted by Gasteiger charge is 2.34. The average molecular weight is 479 g/mol. The normalized spacial score (nSPS) is 15.8. The number of phenolic OH excluding ortho intramolecular Hbond substituents is 1. The van der Waals surface area contributed by atoms with E-state index in [2.05, 4.69) is 22.0 Å². The van der Waals surface area contributed by atoms with Gasteiger partial charge in [-0.15, -0.1) is 6.58 Å². The third-order valence-electron chi connectivity index (χ3n) is 5.52. The van der Waals surface area contributed by atoms with E-state index < -0.39 is 6.04 Å². The number of thiocarbonyl (C=S) groups is 1. The minimum Gasteiger partial charge on any atom is -0.504 e. The highest BCUT2D eigenvalue weighted by molar-refractivity contribution is 7.80. The first-order chi connectivity index (χ1) is 16.5. The summed E-state index contributed by atoms with van der Waals surface area (Å²) in [6.45, 7) is 8.83. The lowest BCUT2D eigenvalue weighted by Crippen LogP contribution is -2.45. The molecule has 2 N–H and O–H groups in total. The SMILES string of the molecule is C=CCN1C(=S)NC(c2ccc(OC)c(O)c2)C(c2nc(-c3ccc(OCC)cc3)no2)=C1C. The van der Waals surface area contributed by atoms with Crippen LogP contribution in [0.4, 0.5) is 0 Å². The smallest absolute Gasteiger partial charge is 0.258 e. The van der Waals surface area contributed by atoms with Gasteiger partial charge in [0.1, 0.15) is 5.75 Å². The minimum atomic E-state index is -0.418. The zero-order chi connectivity index (χ0) is 24.2. The summed E-state index contributed by atoms with van der Waals surface area (Å²) in [4.78, 5) is 6.60. The second kappa shape index (κ2) is 9.96. The number of rotatable bonds is 8. The summed E-state index contributed by atoms with van der Waals surface area (Å²) < 4.78 is 16.4. The predicted molar refractivity (Wildman–Crippen MR) is 134 cm³/mol. The topological polar surface area (TPSA) is 92.9 Å². The number of aromatic hydroxyl groups is 1. The van der Waals surface area contributed by atoms with Gasteiger partial charge in [0.25, 0.3) is 5.89 Å². The van der Waals surface area contributed by atoms with E-state index in [9.17, 15) is 5.11 Å². The van der Waals surface area contributed by atoms with Gasteiger partial charge in [0.05, 0.1) is 25.3 Å². The number of nitrogens with one attached hydrogen (secondary N) is 1. The molecule has 1 unspecified atom stereocenters. The Labute approximate surface area is 203 Å². The molecule has 0 aliphatic carbocycles. The fourth-order valence-corrected chi connectivity index (χ4v) is 4.19. The zero-order valence-electron chi connectivity index (χ0n) is 19.2. The Kier molecular flexibility index (Phi) is 6.83. The zero-order valence-corrected chi connectivity index (χ0v) is 20.1. The first-order valence-corrected chi connectivity index (χ1v) is 11.2. The second-order valence-electron chi connectivity index (χ2n) is 7.59. The molecule has 0 amide bonds. The third-order valence-corrected chi connectivity index (χ3v) is 5.86. The lowest BCUT2D eigenvalue weighted by Gasteiger charge is -2.36. The van der Waals surface area contributed by atoms with Crippen molar-refractivity contribution < 1.29 is 19.1 Å². The molecule has 1 aromatic heterocycles. The molecule has 34 heavy (non-hydrogen) atoms. The molecule has 0 bridgehead atoms. The Bertz CT molecular complexity index is 1240. The summed E-state index contributed by atoms with van der Waals surface area (Å²) >= 11 is 5.61. The number of phenols is 1. The van der Waals surface area contributed by atoms with Crippen LogP contribution < -0.4 is 14.8 Å². The van der Waals surface area contributed by atoms with Crippen LogP contribution in [0.1, 0.15) is 31.3 Å². The number of allylic oxidation sites excluding steroid dienone is 1. The molecular weight excluding hydrogens is 452 g/mol. The monoisotopic (exact) mass is 478 g/mol. The van der Waals surface area contributed by atoms with E-state index in [0.29, 0.717) is 35.7 Å². The highest BCUT2D eigenvalue weighted by Crippen LogP contribution is 2.39. The van der Waals surface area contributed by atoms with E-state index >= 15 is 0 Å². The van der Waals surface area contributed by atoms with Gasteiger partial charge in [-0.05, 0) is 68.0 Å². The van der Waals surface area contributed by atoms with Crippen molar-refractivity contribution in [2.75, 3.05) is 20.3 Å². The van der Waals surface area contributed by atoms with Crippen molar-refractivity contribution in [3.05, 3.63) is 72.3 Å². The lowest BCUT2D eigenvalue weighted by molar-refractivity contribution is 0.340. The van der Waals surface area contributed by atoms with Crippen LogP contribution >= 0.6 is 12.2 Å². The summed E-state index contributed by atoms with van der Waals surface area (Å²) in [5, 5.41) is 18.5. The molecule has 8 nitrogen and oxygen atoms in total. The lowest BCUT2D eigenvalue weighted by atomic mass is 9.94. The summed E-state index contributed by atoms with van der Waals surface area (Å²) in [6.07, 6.45) is 1.77. The van der Waals surface area contributed by atoms with Crippen LogP contribution in [0.3, 0.4) is 0 Å². The van der Waals surface area contributed by atoms with Crippen molar-refractivity contribution in [3.63, 3.8) is 0 Å². The second-order valence-corrected chi connectivity index (χ2v) is 7.98. The number of aromatic nitrogens is 2. The fraction of sp³-hybridized carbons (Fsp3) is 0.240. The molecule has 0 saturated heterocycles. The van der Waals surface area contributed by atoms with Gasteiger partial charge >= 0.3 is 0 Å². The fourth-order valence-electron chi connectivity index (χ4n) is 3.86. The molecule has 2 aromatic carbocycles. The quantitative estimate of drug-likeness (QED) is 0.353. The number of hydrogen-bond donors (Lipinski definition) is 2. The standard InChI is InChI=1S/C25H26N4O4S/c1-5-13-29-15(3)21(22(26-25(29)34)17-9-12-20(31-4)19(30)14-17)24-27-23(28-33-24)16-7-10-18(11-8-16)32-6-2/h5,7-12,14,22,30H,1,6,13H2,2-4H3,(H,26,34). The van der Waals surface area contributed by atoms with Crippen LogP contribution in [-0.2, 0) is 0 Å². The van der Waals surface area contributed by atoms with Gasteiger partial charge in [0, 0.05) is 17.8 Å². The van der Waals surface area contributed by atoms with Crippen molar-refractivity contribution in [2.45, 2.75) is 19.9 Å². The molecule has 176 valence electrons. The maximum atomic E-state index is 10.4. The molecule has 9 heteroatoms. The van der Waals surface area contributed by atoms with Crippen molar-refractivity contribution >= 4 is 22.9 Å². The summed E-state index contributed by atoms with van der Waals surface area (Å²) in [7, 11) is 1.51. The van der Waals surface area contributed by atoms with Gasteiger partial charge in [-0.25, -0.2) is 0 Å². The Morgan fingerprint density at radius 1 is 1.26 bits per heavy atom. The van der Waals surface area contributed by atoms with E-state index in [4.69, 9.17) is 26.2 Å². The molecule has 0 radical (unpaired) electrons. The van der Waals surface area contributed by atoms with Crippen molar-refractivity contribution in [3.8, 4) is 28.6 Å². The maximum Gasteiger partial charge on any atom is 0.258 e. The van der Waals surface area contributed by atoms with Crippen LogP contribution in [0.5, 0.6) is 17.2 Å². The van der Waals surface area contributed by atoms with Gasteiger partial charge < -0.3 is 29.3 Å². The molecule has 3 aromatic rings. The van der Waals surface area contributed by atoms with Crippen LogP contribution in [0, 0.1) is 0 Å². The van der Waals surface area contributed by atoms with E-state index in [1.165, 1.54) is 7.11 Å². The van der Waals surface area contributed by atoms with E-state index in [0.717, 1.165) is 28.1 Å². The number of hydrogen-bond acceptors (Lipinski definition) is 7. The Morgan fingerprint density at radius 2 is 2.03 bits per heavy atom. The molecule has 0 fully saturated rings. The molecule has 0 spiro atoms. The summed E-state index contributed by atoms with van der Waals surface area (Å²) in [5.41, 5.74) is 3.18. The van der Waals surface area contributed by atoms with Crippen LogP contribution in [-0.4, -0.2) is 45.5 Å². The summed E-state index contributed by atoms with van der Waals surface area (Å²) in [5.74, 6) is 1.99. The molecule has 2 heterocycles. The van der Waals surface area contributed by atoms with Crippen molar-refractivity contribution in [2.24, 2.45) is 0 Å². The van der Waals surface area contributed by atoms with Gasteiger partial charge in [0.15, 0.2) is 16.6 Å². The van der Waals surface area contributed by atoms with Gasteiger partial charge in [0.2, 0.25) is 5.82 Å². The molecular formula is C25H26N4O4S. The van der Waals surface area contributed by atoms with Crippen molar-refractivity contribution in [1.82, 2.24) is 20.4 Å². The van der Waals surface area contributed by atoms with E-state index in [-0.39, 0.29) is 5.75 Å². The number of benzene rings is 2. The Hall–Kier alpha value is -3.85. The molecule has 1 aliphatic heterocycles. The molecule has 0 saturated carbocycles. The number of methoxy groups -OCH3 is 1. The Morgan fingerprint density at radius 3 is 2.68 bits per heavy atom. The van der Waals surface area contributed by atoms with Gasteiger partial charge in [-0.1, -0.05) is 17.3 Å². The molecule has 4 rings (SSSR count). The first kappa shape index (κ1) is 23.3. The van der Waals surface area contributed by atoms with Gasteiger partial charge in [-0.2, -0.15) is 4.98 Å². The van der Waals surface area contributed by atoms with E-state index in [1.807, 2.05) is 49.1 Å².